The van der Waals surface area contributed by atoms with Gasteiger partial charge in [0, 0.05) is 35.7 Å². The van der Waals surface area contributed by atoms with Crippen LogP contribution in [0.25, 0.3) is 16.9 Å². The number of nitrogens with zero attached hydrogens (tertiary/aromatic N) is 4. The lowest BCUT2D eigenvalue weighted by Gasteiger charge is -2.26. The van der Waals surface area contributed by atoms with Crippen molar-refractivity contribution in [3.63, 3.8) is 0 Å². The smallest absolute Gasteiger partial charge is 0.273 e. The standard InChI is InChI=1S/C27H26FN5O2S/c1-18-16-23(19(2)33(18)22-10-8-21(28)9-11-22)26(34)31-29-17-24-25(20-6-4-3-5-7-20)30-27(36-24)32-12-14-35-15-13-32/h3-11,16-17H,12-15H2,1-2H3,(H,31,34). The van der Waals surface area contributed by atoms with Crippen molar-refractivity contribution in [1.29, 1.82) is 0 Å². The van der Waals surface area contributed by atoms with Crippen LogP contribution in [0.15, 0.2) is 65.8 Å². The number of halogens is 1. The van der Waals surface area contributed by atoms with Gasteiger partial charge in [0.05, 0.1) is 35.6 Å². The number of hydrogen-bond acceptors (Lipinski definition) is 6. The number of nitrogens with one attached hydrogen (secondary N) is 1. The molecule has 7 nitrogen and oxygen atoms in total. The summed E-state index contributed by atoms with van der Waals surface area (Å²) in [7, 11) is 0. The maximum absolute atomic E-state index is 13.4. The highest BCUT2D eigenvalue weighted by molar-refractivity contribution is 7.17. The second-order valence-corrected chi connectivity index (χ2v) is 9.48. The molecule has 0 unspecified atom stereocenters. The van der Waals surface area contributed by atoms with Gasteiger partial charge < -0.3 is 14.2 Å². The summed E-state index contributed by atoms with van der Waals surface area (Å²) in [5.41, 5.74) is 7.41. The number of aromatic nitrogens is 2. The van der Waals surface area contributed by atoms with Crippen molar-refractivity contribution < 1.29 is 13.9 Å². The van der Waals surface area contributed by atoms with E-state index in [0.29, 0.717) is 18.8 Å². The normalized spacial score (nSPS) is 13.9. The fraction of sp³-hybridized carbons (Fsp3) is 0.222. The lowest BCUT2D eigenvalue weighted by molar-refractivity contribution is 0.0954. The van der Waals surface area contributed by atoms with Gasteiger partial charge in [-0.05, 0) is 44.2 Å². The molecule has 184 valence electrons. The average molecular weight is 504 g/mol. The summed E-state index contributed by atoms with van der Waals surface area (Å²) in [4.78, 5) is 20.9. The molecular formula is C27H26FN5O2S. The Bertz CT molecular complexity index is 1390. The first kappa shape index (κ1) is 23.9. The molecule has 4 aromatic rings. The Hall–Kier alpha value is -3.82. The van der Waals surface area contributed by atoms with E-state index < -0.39 is 0 Å². The zero-order valence-corrected chi connectivity index (χ0v) is 20.9. The van der Waals surface area contributed by atoms with E-state index in [1.807, 2.05) is 54.8 Å². The minimum absolute atomic E-state index is 0.303. The minimum Gasteiger partial charge on any atom is -0.378 e. The molecule has 0 saturated carbocycles. The van der Waals surface area contributed by atoms with Crippen LogP contribution < -0.4 is 10.3 Å². The second kappa shape index (κ2) is 10.4. The Balaban J connectivity index is 1.38. The molecule has 0 spiro atoms. The van der Waals surface area contributed by atoms with Crippen molar-refractivity contribution in [2.45, 2.75) is 13.8 Å². The van der Waals surface area contributed by atoms with Crippen molar-refractivity contribution in [3.8, 4) is 16.9 Å². The molecule has 1 saturated heterocycles. The number of anilines is 1. The highest BCUT2D eigenvalue weighted by Gasteiger charge is 2.20. The number of hydrogen-bond donors (Lipinski definition) is 1. The fourth-order valence-electron chi connectivity index (χ4n) is 4.29. The molecule has 2 aromatic heterocycles. The molecule has 1 N–H and O–H groups in total. The molecule has 9 heteroatoms. The molecule has 1 aliphatic rings. The van der Waals surface area contributed by atoms with E-state index in [2.05, 4.69) is 15.4 Å². The Morgan fingerprint density at radius 1 is 1.11 bits per heavy atom. The quantitative estimate of drug-likeness (QED) is 0.298. The van der Waals surface area contributed by atoms with Crippen LogP contribution in [0, 0.1) is 19.7 Å². The Morgan fingerprint density at radius 3 is 2.56 bits per heavy atom. The number of ether oxygens (including phenoxy) is 1. The number of aryl methyl sites for hydroxylation is 1. The zero-order valence-electron chi connectivity index (χ0n) is 20.1. The number of thiazole rings is 1. The molecule has 1 aliphatic heterocycles. The second-order valence-electron chi connectivity index (χ2n) is 8.47. The van der Waals surface area contributed by atoms with Gasteiger partial charge >= 0.3 is 0 Å². The van der Waals surface area contributed by atoms with E-state index in [1.54, 1.807) is 29.7 Å². The maximum Gasteiger partial charge on any atom is 0.273 e. The molecule has 36 heavy (non-hydrogen) atoms. The van der Waals surface area contributed by atoms with Crippen molar-refractivity contribution in [2.24, 2.45) is 5.10 Å². The fourth-order valence-corrected chi connectivity index (χ4v) is 5.30. The molecule has 5 rings (SSSR count). The van der Waals surface area contributed by atoms with Gasteiger partial charge in [0.1, 0.15) is 5.82 Å². The van der Waals surface area contributed by atoms with Gasteiger partial charge in [-0.15, -0.1) is 0 Å². The highest BCUT2D eigenvalue weighted by Crippen LogP contribution is 2.32. The first-order chi connectivity index (χ1) is 17.5. The first-order valence-electron chi connectivity index (χ1n) is 11.7. The van der Waals surface area contributed by atoms with Gasteiger partial charge in [0.15, 0.2) is 5.13 Å². The summed E-state index contributed by atoms with van der Waals surface area (Å²) in [5.74, 6) is -0.616. The van der Waals surface area contributed by atoms with Crippen LogP contribution in [-0.2, 0) is 4.74 Å². The van der Waals surface area contributed by atoms with Gasteiger partial charge in [-0.2, -0.15) is 5.10 Å². The Labute approximate surface area is 212 Å². The lowest BCUT2D eigenvalue weighted by Crippen LogP contribution is -2.36. The molecule has 1 amide bonds. The van der Waals surface area contributed by atoms with Gasteiger partial charge in [-0.25, -0.2) is 14.8 Å². The lowest BCUT2D eigenvalue weighted by atomic mass is 10.1. The van der Waals surface area contributed by atoms with Crippen LogP contribution >= 0.6 is 11.3 Å². The predicted octanol–water partition coefficient (Wildman–Crippen LogP) is 4.96. The van der Waals surface area contributed by atoms with E-state index in [9.17, 15) is 9.18 Å². The van der Waals surface area contributed by atoms with Crippen LogP contribution in [0.1, 0.15) is 26.6 Å². The third kappa shape index (κ3) is 4.93. The van der Waals surface area contributed by atoms with E-state index in [0.717, 1.165) is 51.4 Å². The van der Waals surface area contributed by atoms with Gasteiger partial charge in [0.2, 0.25) is 0 Å². The molecule has 0 aliphatic carbocycles. The summed E-state index contributed by atoms with van der Waals surface area (Å²) in [6, 6.07) is 17.9. The zero-order chi connectivity index (χ0) is 25.1. The summed E-state index contributed by atoms with van der Waals surface area (Å²) in [6.45, 7) is 6.71. The Kier molecular flexibility index (Phi) is 6.92. The van der Waals surface area contributed by atoms with Gasteiger partial charge in [-0.1, -0.05) is 41.7 Å². The predicted molar refractivity (Wildman–Crippen MR) is 141 cm³/mol. The molecule has 2 aromatic carbocycles. The molecule has 0 radical (unpaired) electrons. The van der Waals surface area contributed by atoms with Gasteiger partial charge in [-0.3, -0.25) is 4.79 Å². The molecule has 0 bridgehead atoms. The molecular weight excluding hydrogens is 477 g/mol. The van der Waals surface area contributed by atoms with Crippen molar-refractivity contribution in [3.05, 3.63) is 88.3 Å². The van der Waals surface area contributed by atoms with Crippen LogP contribution in [0.2, 0.25) is 0 Å². The monoisotopic (exact) mass is 503 g/mol. The SMILES string of the molecule is Cc1cc(C(=O)NN=Cc2sc(N3CCOCC3)nc2-c2ccccc2)c(C)n1-c1ccc(F)cc1. The van der Waals surface area contributed by atoms with Crippen LogP contribution in [0.5, 0.6) is 0 Å². The third-order valence-electron chi connectivity index (χ3n) is 6.08. The summed E-state index contributed by atoms with van der Waals surface area (Å²) in [5, 5.41) is 5.18. The van der Waals surface area contributed by atoms with Crippen LogP contribution in [0.4, 0.5) is 9.52 Å². The van der Waals surface area contributed by atoms with E-state index in [1.165, 1.54) is 12.1 Å². The van der Waals surface area contributed by atoms with Crippen molar-refractivity contribution >= 4 is 28.6 Å². The minimum atomic E-state index is -0.313. The number of carbonyl (C=O) groups excluding carboxylic acids is 1. The van der Waals surface area contributed by atoms with Crippen LogP contribution in [0.3, 0.4) is 0 Å². The summed E-state index contributed by atoms with van der Waals surface area (Å²) < 4.78 is 20.8. The number of morpholine rings is 1. The summed E-state index contributed by atoms with van der Waals surface area (Å²) >= 11 is 1.54. The largest absolute Gasteiger partial charge is 0.378 e. The number of rotatable bonds is 6. The van der Waals surface area contributed by atoms with Crippen LogP contribution in [-0.4, -0.2) is 48.0 Å². The highest BCUT2D eigenvalue weighted by atomic mass is 32.1. The number of hydrazone groups is 1. The topological polar surface area (TPSA) is 71.8 Å². The van der Waals surface area contributed by atoms with E-state index in [4.69, 9.17) is 9.72 Å². The van der Waals surface area contributed by atoms with E-state index in [-0.39, 0.29) is 11.7 Å². The number of carbonyl (C=O) groups is 1. The molecule has 1 fully saturated rings. The first-order valence-corrected chi connectivity index (χ1v) is 12.5. The average Bonchev–Trinajstić information content (AvgIpc) is 3.46. The number of benzene rings is 2. The summed E-state index contributed by atoms with van der Waals surface area (Å²) in [6.07, 6.45) is 1.65. The molecule has 3 heterocycles. The third-order valence-corrected chi connectivity index (χ3v) is 7.13. The van der Waals surface area contributed by atoms with Gasteiger partial charge in [0.25, 0.3) is 5.91 Å². The van der Waals surface area contributed by atoms with Crippen molar-refractivity contribution in [1.82, 2.24) is 15.0 Å². The van der Waals surface area contributed by atoms with E-state index >= 15 is 0 Å². The number of amides is 1. The maximum atomic E-state index is 13.4. The van der Waals surface area contributed by atoms with Crippen molar-refractivity contribution in [2.75, 3.05) is 31.2 Å². The Morgan fingerprint density at radius 2 is 1.83 bits per heavy atom. The molecule has 0 atom stereocenters.